The van der Waals surface area contributed by atoms with Gasteiger partial charge >= 0.3 is 0 Å². The van der Waals surface area contributed by atoms with Gasteiger partial charge in [-0.1, -0.05) is 6.92 Å². The van der Waals surface area contributed by atoms with Crippen LogP contribution in [-0.4, -0.2) is 60.6 Å². The first-order valence-electron chi connectivity index (χ1n) is 8.18. The van der Waals surface area contributed by atoms with Crippen LogP contribution in [0.1, 0.15) is 37.8 Å². The van der Waals surface area contributed by atoms with E-state index >= 15 is 0 Å². The summed E-state index contributed by atoms with van der Waals surface area (Å²) < 4.78 is 11.1. The van der Waals surface area contributed by atoms with E-state index in [-0.39, 0.29) is 6.10 Å². The second-order valence-corrected chi connectivity index (χ2v) is 5.94. The van der Waals surface area contributed by atoms with Crippen LogP contribution in [0.4, 0.5) is 0 Å². The maximum absolute atomic E-state index is 10.2. The number of pyridine rings is 1. The number of aliphatic hydroxyl groups excluding tert-OH is 1. The number of hydrogen-bond acceptors (Lipinski definition) is 5. The molecular formula is C17H28N2O3. The Hall–Kier alpha value is -1.01. The number of aliphatic hydroxyl groups is 1. The molecule has 0 spiro atoms. The summed E-state index contributed by atoms with van der Waals surface area (Å²) in [5, 5.41) is 10.2. The van der Waals surface area contributed by atoms with Crippen LogP contribution >= 0.6 is 0 Å². The molecule has 2 heterocycles. The molecule has 0 bridgehead atoms. The monoisotopic (exact) mass is 308 g/mol. The van der Waals surface area contributed by atoms with Crippen LogP contribution in [0, 0.1) is 0 Å². The Kier molecular flexibility index (Phi) is 7.25. The minimum absolute atomic E-state index is 0.232. The zero-order valence-electron chi connectivity index (χ0n) is 13.6. The SMILES string of the molecule is CCC(c1ccncc1)N(C)CC(O)COC1CCOCC1. The largest absolute Gasteiger partial charge is 0.389 e. The lowest BCUT2D eigenvalue weighted by Crippen LogP contribution is -2.36. The van der Waals surface area contributed by atoms with Gasteiger partial charge in [-0.15, -0.1) is 0 Å². The molecule has 1 aliphatic heterocycles. The topological polar surface area (TPSA) is 54.8 Å². The van der Waals surface area contributed by atoms with Crippen LogP contribution in [0.2, 0.25) is 0 Å². The third-order valence-corrected chi connectivity index (χ3v) is 4.20. The van der Waals surface area contributed by atoms with Gasteiger partial charge in [-0.25, -0.2) is 0 Å². The van der Waals surface area contributed by atoms with Crippen molar-refractivity contribution in [2.75, 3.05) is 33.4 Å². The molecule has 0 amide bonds. The van der Waals surface area contributed by atoms with Crippen molar-refractivity contribution in [3.05, 3.63) is 30.1 Å². The Morgan fingerprint density at radius 3 is 2.68 bits per heavy atom. The van der Waals surface area contributed by atoms with Gasteiger partial charge in [0.05, 0.1) is 18.8 Å². The predicted molar refractivity (Wildman–Crippen MR) is 85.7 cm³/mol. The number of aromatic nitrogens is 1. The summed E-state index contributed by atoms with van der Waals surface area (Å²) >= 11 is 0. The van der Waals surface area contributed by atoms with Gasteiger partial charge < -0.3 is 14.6 Å². The zero-order chi connectivity index (χ0) is 15.8. The van der Waals surface area contributed by atoms with Gasteiger partial charge in [-0.2, -0.15) is 0 Å². The lowest BCUT2D eigenvalue weighted by atomic mass is 10.0. The summed E-state index contributed by atoms with van der Waals surface area (Å²) in [6.45, 7) is 4.68. The van der Waals surface area contributed by atoms with E-state index in [0.29, 0.717) is 19.2 Å². The molecule has 2 atom stereocenters. The maximum Gasteiger partial charge on any atom is 0.0900 e. The van der Waals surface area contributed by atoms with Crippen molar-refractivity contribution in [3.8, 4) is 0 Å². The molecule has 5 nitrogen and oxygen atoms in total. The van der Waals surface area contributed by atoms with Crippen molar-refractivity contribution in [1.82, 2.24) is 9.88 Å². The fourth-order valence-electron chi connectivity index (χ4n) is 2.99. The van der Waals surface area contributed by atoms with E-state index in [1.807, 2.05) is 31.6 Å². The second-order valence-electron chi connectivity index (χ2n) is 5.94. The average molecular weight is 308 g/mol. The zero-order valence-corrected chi connectivity index (χ0v) is 13.6. The van der Waals surface area contributed by atoms with E-state index in [1.54, 1.807) is 0 Å². The summed E-state index contributed by atoms with van der Waals surface area (Å²) in [6, 6.07) is 4.37. The van der Waals surface area contributed by atoms with Crippen LogP contribution in [0.5, 0.6) is 0 Å². The number of ether oxygens (including phenoxy) is 2. The number of rotatable bonds is 8. The minimum atomic E-state index is -0.469. The predicted octanol–water partition coefficient (Wildman–Crippen LogP) is 2.02. The Bertz CT molecular complexity index is 410. The van der Waals surface area contributed by atoms with Crippen molar-refractivity contribution in [3.63, 3.8) is 0 Å². The normalized spacial score (nSPS) is 19.3. The first kappa shape index (κ1) is 17.3. The average Bonchev–Trinajstić information content (AvgIpc) is 2.55. The van der Waals surface area contributed by atoms with Crippen molar-refractivity contribution < 1.29 is 14.6 Å². The quantitative estimate of drug-likeness (QED) is 0.796. The van der Waals surface area contributed by atoms with E-state index < -0.39 is 6.10 Å². The standard InChI is InChI=1S/C17H28N2O3/c1-3-17(14-4-8-18-9-5-14)19(2)12-15(20)13-22-16-6-10-21-11-7-16/h4-5,8-9,15-17,20H,3,6-7,10-13H2,1-2H3. The van der Waals surface area contributed by atoms with E-state index in [9.17, 15) is 5.11 Å². The number of hydrogen-bond donors (Lipinski definition) is 1. The Balaban J connectivity index is 1.77. The summed E-state index contributed by atoms with van der Waals surface area (Å²) in [5.74, 6) is 0. The summed E-state index contributed by atoms with van der Waals surface area (Å²) in [5.41, 5.74) is 1.23. The number of likely N-dealkylation sites (N-methyl/N-ethyl adjacent to an activating group) is 1. The van der Waals surface area contributed by atoms with Crippen LogP contribution in [0.25, 0.3) is 0 Å². The van der Waals surface area contributed by atoms with Gasteiger partial charge in [0.15, 0.2) is 0 Å². The Morgan fingerprint density at radius 2 is 2.05 bits per heavy atom. The van der Waals surface area contributed by atoms with Gasteiger partial charge in [-0.05, 0) is 44.0 Å². The Morgan fingerprint density at radius 1 is 1.36 bits per heavy atom. The lowest BCUT2D eigenvalue weighted by molar-refractivity contribution is -0.0648. The molecule has 22 heavy (non-hydrogen) atoms. The highest BCUT2D eigenvalue weighted by atomic mass is 16.5. The summed E-state index contributed by atoms with van der Waals surface area (Å²) in [6.07, 6.45) is 6.25. The molecule has 1 aromatic rings. The fourth-order valence-corrected chi connectivity index (χ4v) is 2.99. The molecule has 2 rings (SSSR count). The molecule has 1 aromatic heterocycles. The van der Waals surface area contributed by atoms with Crippen LogP contribution in [-0.2, 0) is 9.47 Å². The van der Waals surface area contributed by atoms with Gasteiger partial charge in [0.1, 0.15) is 0 Å². The third kappa shape index (κ3) is 5.32. The van der Waals surface area contributed by atoms with Gasteiger partial charge in [-0.3, -0.25) is 9.88 Å². The third-order valence-electron chi connectivity index (χ3n) is 4.20. The molecule has 2 unspecified atom stereocenters. The molecule has 1 aliphatic rings. The molecule has 0 aromatic carbocycles. The Labute approximate surface area is 133 Å². The smallest absolute Gasteiger partial charge is 0.0900 e. The first-order valence-corrected chi connectivity index (χ1v) is 8.18. The van der Waals surface area contributed by atoms with Crippen LogP contribution in [0.15, 0.2) is 24.5 Å². The van der Waals surface area contributed by atoms with Crippen molar-refractivity contribution >= 4 is 0 Å². The molecule has 5 heteroatoms. The molecule has 0 radical (unpaired) electrons. The van der Waals surface area contributed by atoms with Gasteiger partial charge in [0.2, 0.25) is 0 Å². The minimum Gasteiger partial charge on any atom is -0.389 e. The van der Waals surface area contributed by atoms with E-state index in [0.717, 1.165) is 32.5 Å². The van der Waals surface area contributed by atoms with Gasteiger partial charge in [0.25, 0.3) is 0 Å². The summed E-state index contributed by atoms with van der Waals surface area (Å²) in [7, 11) is 2.05. The summed E-state index contributed by atoms with van der Waals surface area (Å²) in [4.78, 5) is 6.25. The van der Waals surface area contributed by atoms with E-state index in [4.69, 9.17) is 9.47 Å². The molecule has 1 N–H and O–H groups in total. The van der Waals surface area contributed by atoms with Crippen molar-refractivity contribution in [2.24, 2.45) is 0 Å². The highest BCUT2D eigenvalue weighted by Crippen LogP contribution is 2.22. The second kappa shape index (κ2) is 9.20. The van der Waals surface area contributed by atoms with Crippen LogP contribution < -0.4 is 0 Å². The van der Waals surface area contributed by atoms with Gasteiger partial charge in [0, 0.05) is 38.2 Å². The van der Waals surface area contributed by atoms with E-state index in [1.165, 1.54) is 5.56 Å². The van der Waals surface area contributed by atoms with Crippen LogP contribution in [0.3, 0.4) is 0 Å². The molecular weight excluding hydrogens is 280 g/mol. The highest BCUT2D eigenvalue weighted by Gasteiger charge is 2.20. The lowest BCUT2D eigenvalue weighted by Gasteiger charge is -2.30. The van der Waals surface area contributed by atoms with E-state index in [2.05, 4.69) is 16.8 Å². The first-order chi connectivity index (χ1) is 10.7. The molecule has 0 aliphatic carbocycles. The number of nitrogens with zero attached hydrogens (tertiary/aromatic N) is 2. The molecule has 1 saturated heterocycles. The van der Waals surface area contributed by atoms with Crippen molar-refractivity contribution in [2.45, 2.75) is 44.4 Å². The maximum atomic E-state index is 10.2. The molecule has 124 valence electrons. The fraction of sp³-hybridized carbons (Fsp3) is 0.706. The molecule has 0 saturated carbocycles. The molecule has 1 fully saturated rings. The van der Waals surface area contributed by atoms with Crippen molar-refractivity contribution in [1.29, 1.82) is 0 Å². The highest BCUT2D eigenvalue weighted by molar-refractivity contribution is 5.14.